The molecule has 18 heavy (non-hydrogen) atoms. The quantitative estimate of drug-likeness (QED) is 0.724. The summed E-state index contributed by atoms with van der Waals surface area (Å²) < 4.78 is 0. The molecule has 0 aromatic heterocycles. The molecule has 0 nitrogen and oxygen atoms in total. The van der Waals surface area contributed by atoms with E-state index in [1.807, 2.05) is 0 Å². The van der Waals surface area contributed by atoms with Crippen molar-refractivity contribution in [3.63, 3.8) is 0 Å². The summed E-state index contributed by atoms with van der Waals surface area (Å²) in [4.78, 5) is 0. The molecule has 0 radical (unpaired) electrons. The van der Waals surface area contributed by atoms with Gasteiger partial charge in [0.25, 0.3) is 0 Å². The van der Waals surface area contributed by atoms with Crippen LogP contribution in [-0.4, -0.2) is 10.5 Å². The maximum Gasteiger partial charge on any atom is 0.00934 e. The van der Waals surface area contributed by atoms with Crippen molar-refractivity contribution in [1.29, 1.82) is 0 Å². The minimum absolute atomic E-state index is 0.796. The van der Waals surface area contributed by atoms with Crippen molar-refractivity contribution in [2.45, 2.75) is 50.0 Å². The molecule has 2 aliphatic rings. The zero-order valence-electron chi connectivity index (χ0n) is 11.7. The predicted molar refractivity (Wildman–Crippen MR) is 81.1 cm³/mol. The number of rotatable bonds is 2. The molecule has 1 heteroatoms. The van der Waals surface area contributed by atoms with Crippen molar-refractivity contribution in [2.75, 3.05) is 0 Å². The topological polar surface area (TPSA) is 0 Å². The smallest absolute Gasteiger partial charge is 0.00934 e. The van der Waals surface area contributed by atoms with E-state index in [0.29, 0.717) is 0 Å². The minimum Gasteiger partial charge on any atom is -0.154 e. The van der Waals surface area contributed by atoms with E-state index in [4.69, 9.17) is 0 Å². The lowest BCUT2D eigenvalue weighted by Crippen LogP contribution is -2.16. The van der Waals surface area contributed by atoms with Crippen LogP contribution in [0.3, 0.4) is 0 Å². The van der Waals surface area contributed by atoms with Gasteiger partial charge in [-0.15, -0.1) is 0 Å². The minimum atomic E-state index is 0.796. The molecule has 0 amide bonds. The SMILES string of the molecule is CC(C)C1CC2SC(C)C(c3ccccc3)C2C1. The second-order valence-electron chi connectivity index (χ2n) is 6.46. The highest BCUT2D eigenvalue weighted by molar-refractivity contribution is 8.00. The van der Waals surface area contributed by atoms with Crippen molar-refractivity contribution in [3.8, 4) is 0 Å². The van der Waals surface area contributed by atoms with Crippen molar-refractivity contribution in [3.05, 3.63) is 35.9 Å². The van der Waals surface area contributed by atoms with Crippen molar-refractivity contribution < 1.29 is 0 Å². The average molecular weight is 260 g/mol. The molecule has 0 spiro atoms. The van der Waals surface area contributed by atoms with Crippen LogP contribution in [0.5, 0.6) is 0 Å². The lowest BCUT2D eigenvalue weighted by Gasteiger charge is -2.23. The van der Waals surface area contributed by atoms with Gasteiger partial charge < -0.3 is 0 Å². The van der Waals surface area contributed by atoms with Gasteiger partial charge in [0.05, 0.1) is 0 Å². The fraction of sp³-hybridized carbons (Fsp3) is 0.647. The average Bonchev–Trinajstić information content (AvgIpc) is 2.86. The van der Waals surface area contributed by atoms with Crippen molar-refractivity contribution >= 4 is 11.8 Å². The molecular weight excluding hydrogens is 236 g/mol. The standard InChI is InChI=1S/C17H24S/c1-11(2)14-9-15-16(10-14)18-12(3)17(15)13-7-5-4-6-8-13/h4-8,11-12,14-17H,9-10H2,1-3H3. The highest BCUT2D eigenvalue weighted by atomic mass is 32.2. The number of fused-ring (bicyclic) bond motifs is 1. The van der Waals surface area contributed by atoms with Crippen LogP contribution in [0.4, 0.5) is 0 Å². The van der Waals surface area contributed by atoms with Gasteiger partial charge in [-0.25, -0.2) is 0 Å². The van der Waals surface area contributed by atoms with Crippen LogP contribution in [0, 0.1) is 17.8 Å². The zero-order valence-corrected chi connectivity index (χ0v) is 12.5. The molecule has 2 fully saturated rings. The molecule has 1 heterocycles. The lowest BCUT2D eigenvalue weighted by atomic mass is 9.81. The highest BCUT2D eigenvalue weighted by Crippen LogP contribution is 2.57. The van der Waals surface area contributed by atoms with E-state index in [9.17, 15) is 0 Å². The monoisotopic (exact) mass is 260 g/mol. The Hall–Kier alpha value is -0.430. The maximum atomic E-state index is 2.44. The van der Waals surface area contributed by atoms with E-state index in [1.54, 1.807) is 5.56 Å². The first-order valence-corrected chi connectivity index (χ1v) is 8.31. The number of hydrogen-bond donors (Lipinski definition) is 0. The maximum absolute atomic E-state index is 2.44. The van der Waals surface area contributed by atoms with E-state index in [0.717, 1.165) is 34.2 Å². The van der Waals surface area contributed by atoms with Gasteiger partial charge in [0.2, 0.25) is 0 Å². The third kappa shape index (κ3) is 2.11. The Labute approximate surface area is 116 Å². The number of hydrogen-bond acceptors (Lipinski definition) is 1. The summed E-state index contributed by atoms with van der Waals surface area (Å²) in [6.45, 7) is 7.24. The molecule has 1 saturated carbocycles. The van der Waals surface area contributed by atoms with Gasteiger partial charge in [0.15, 0.2) is 0 Å². The van der Waals surface area contributed by atoms with Crippen molar-refractivity contribution in [1.82, 2.24) is 0 Å². The second kappa shape index (κ2) is 4.92. The van der Waals surface area contributed by atoms with Crippen LogP contribution in [0.15, 0.2) is 30.3 Å². The zero-order chi connectivity index (χ0) is 12.7. The van der Waals surface area contributed by atoms with Crippen LogP contribution in [0.25, 0.3) is 0 Å². The van der Waals surface area contributed by atoms with E-state index < -0.39 is 0 Å². The van der Waals surface area contributed by atoms with E-state index in [-0.39, 0.29) is 0 Å². The fourth-order valence-electron chi connectivity index (χ4n) is 4.05. The van der Waals surface area contributed by atoms with E-state index >= 15 is 0 Å². The normalized spacial score (nSPS) is 39.2. The van der Waals surface area contributed by atoms with E-state index in [2.05, 4.69) is 62.9 Å². The summed E-state index contributed by atoms with van der Waals surface area (Å²) in [6.07, 6.45) is 2.92. The molecule has 5 unspecified atom stereocenters. The molecule has 1 aromatic carbocycles. The molecule has 1 saturated heterocycles. The summed E-state index contributed by atoms with van der Waals surface area (Å²) in [5.41, 5.74) is 1.58. The Morgan fingerprint density at radius 3 is 2.50 bits per heavy atom. The molecule has 1 aliphatic carbocycles. The molecule has 5 atom stereocenters. The Kier molecular flexibility index (Phi) is 3.44. The molecule has 3 rings (SSSR count). The molecule has 1 aliphatic heterocycles. The Bertz CT molecular complexity index is 397. The van der Waals surface area contributed by atoms with Gasteiger partial charge in [-0.3, -0.25) is 0 Å². The van der Waals surface area contributed by atoms with Gasteiger partial charge in [-0.05, 0) is 42.1 Å². The largest absolute Gasteiger partial charge is 0.154 e. The first-order valence-electron chi connectivity index (χ1n) is 7.37. The summed E-state index contributed by atoms with van der Waals surface area (Å²) in [7, 11) is 0. The van der Waals surface area contributed by atoms with Crippen LogP contribution < -0.4 is 0 Å². The van der Waals surface area contributed by atoms with Crippen LogP contribution >= 0.6 is 11.8 Å². The first kappa shape index (κ1) is 12.6. The number of benzene rings is 1. The lowest BCUT2D eigenvalue weighted by molar-refractivity contribution is 0.359. The van der Waals surface area contributed by atoms with Gasteiger partial charge in [-0.2, -0.15) is 11.8 Å². The third-order valence-electron chi connectivity index (χ3n) is 5.07. The van der Waals surface area contributed by atoms with Crippen LogP contribution in [-0.2, 0) is 0 Å². The summed E-state index contributed by atoms with van der Waals surface area (Å²) in [5.74, 6) is 3.55. The summed E-state index contributed by atoms with van der Waals surface area (Å²) >= 11 is 2.26. The molecular formula is C17H24S. The van der Waals surface area contributed by atoms with Crippen LogP contribution in [0.2, 0.25) is 0 Å². The van der Waals surface area contributed by atoms with Crippen LogP contribution in [0.1, 0.15) is 45.1 Å². The Balaban J connectivity index is 1.83. The Morgan fingerprint density at radius 2 is 1.83 bits per heavy atom. The molecule has 1 aromatic rings. The van der Waals surface area contributed by atoms with Gasteiger partial charge in [0.1, 0.15) is 0 Å². The van der Waals surface area contributed by atoms with Gasteiger partial charge in [0, 0.05) is 10.5 Å². The third-order valence-corrected chi connectivity index (χ3v) is 6.69. The fourth-order valence-corrected chi connectivity index (χ4v) is 5.97. The Morgan fingerprint density at radius 1 is 1.11 bits per heavy atom. The summed E-state index contributed by atoms with van der Waals surface area (Å²) in [5, 5.41) is 1.73. The molecule has 0 bridgehead atoms. The molecule has 98 valence electrons. The highest BCUT2D eigenvalue weighted by Gasteiger charge is 2.48. The molecule has 0 N–H and O–H groups in total. The van der Waals surface area contributed by atoms with Gasteiger partial charge in [-0.1, -0.05) is 51.1 Å². The predicted octanol–water partition coefficient (Wildman–Crippen LogP) is 4.96. The van der Waals surface area contributed by atoms with Crippen molar-refractivity contribution in [2.24, 2.45) is 17.8 Å². The summed E-state index contributed by atoms with van der Waals surface area (Å²) in [6, 6.07) is 11.2. The first-order chi connectivity index (χ1) is 8.66. The van der Waals surface area contributed by atoms with E-state index in [1.165, 1.54) is 12.8 Å². The second-order valence-corrected chi connectivity index (χ2v) is 8.08. The number of thioether (sulfide) groups is 1. The van der Waals surface area contributed by atoms with Gasteiger partial charge >= 0.3 is 0 Å².